The van der Waals surface area contributed by atoms with Gasteiger partial charge in [-0.25, -0.2) is 0 Å². The van der Waals surface area contributed by atoms with Gasteiger partial charge < -0.3 is 10.6 Å². The maximum absolute atomic E-state index is 12.3. The Balaban J connectivity index is 1.63. The standard InChI is InChI=1S/C15H18Cl2N2O/c16-12-4-1-9(5-13(12)17)6-15(20)19-7-11(10-2-3-10)14(18)8-19/h1,4-5,10-11,14H,2-3,6-8,18H2/t11-,14+/m1/s1. The third-order valence-corrected chi connectivity index (χ3v) is 5.07. The van der Waals surface area contributed by atoms with E-state index in [1.54, 1.807) is 12.1 Å². The van der Waals surface area contributed by atoms with E-state index in [0.29, 0.717) is 28.9 Å². The summed E-state index contributed by atoms with van der Waals surface area (Å²) in [5.41, 5.74) is 7.05. The molecule has 1 heterocycles. The fourth-order valence-corrected chi connectivity index (χ4v) is 3.34. The van der Waals surface area contributed by atoms with Crippen molar-refractivity contribution in [3.05, 3.63) is 33.8 Å². The lowest BCUT2D eigenvalue weighted by atomic mass is 9.99. The number of carbonyl (C=O) groups is 1. The molecule has 1 aromatic rings. The van der Waals surface area contributed by atoms with Crippen LogP contribution in [0.15, 0.2) is 18.2 Å². The van der Waals surface area contributed by atoms with Gasteiger partial charge in [-0.15, -0.1) is 0 Å². The van der Waals surface area contributed by atoms with Crippen LogP contribution in [-0.4, -0.2) is 29.9 Å². The van der Waals surface area contributed by atoms with Crippen molar-refractivity contribution in [1.82, 2.24) is 4.90 Å². The molecule has 2 fully saturated rings. The number of hydrogen-bond acceptors (Lipinski definition) is 2. The topological polar surface area (TPSA) is 46.3 Å². The molecular formula is C15H18Cl2N2O. The minimum Gasteiger partial charge on any atom is -0.340 e. The second-order valence-electron chi connectivity index (χ2n) is 5.89. The number of hydrogen-bond donors (Lipinski definition) is 1. The van der Waals surface area contributed by atoms with Gasteiger partial charge in [0.05, 0.1) is 16.5 Å². The average Bonchev–Trinajstić information content (AvgIpc) is 3.17. The number of halogens is 2. The molecule has 1 aliphatic carbocycles. The van der Waals surface area contributed by atoms with Crippen molar-refractivity contribution < 1.29 is 4.79 Å². The first-order chi connectivity index (χ1) is 9.54. The molecule has 3 rings (SSSR count). The molecule has 2 atom stereocenters. The SMILES string of the molecule is N[C@H]1CN(C(=O)Cc2ccc(Cl)c(Cl)c2)C[C@@H]1C1CC1. The predicted molar refractivity (Wildman–Crippen MR) is 80.9 cm³/mol. The van der Waals surface area contributed by atoms with Crippen molar-refractivity contribution in [3.8, 4) is 0 Å². The number of nitrogens with zero attached hydrogens (tertiary/aromatic N) is 1. The van der Waals surface area contributed by atoms with Gasteiger partial charge in [0.25, 0.3) is 0 Å². The normalized spacial score (nSPS) is 26.1. The van der Waals surface area contributed by atoms with E-state index in [0.717, 1.165) is 18.0 Å². The largest absolute Gasteiger partial charge is 0.340 e. The molecule has 1 amide bonds. The molecule has 3 nitrogen and oxygen atoms in total. The van der Waals surface area contributed by atoms with Crippen LogP contribution in [0.4, 0.5) is 0 Å². The minimum absolute atomic E-state index is 0.127. The van der Waals surface area contributed by atoms with Crippen molar-refractivity contribution in [3.63, 3.8) is 0 Å². The summed E-state index contributed by atoms with van der Waals surface area (Å²) in [6, 6.07) is 5.48. The molecule has 108 valence electrons. The van der Waals surface area contributed by atoms with E-state index in [2.05, 4.69) is 0 Å². The molecule has 1 saturated carbocycles. The van der Waals surface area contributed by atoms with Gasteiger partial charge in [-0.2, -0.15) is 0 Å². The molecule has 2 aliphatic rings. The molecule has 2 N–H and O–H groups in total. The summed E-state index contributed by atoms with van der Waals surface area (Å²) in [6.07, 6.45) is 2.90. The van der Waals surface area contributed by atoms with E-state index < -0.39 is 0 Å². The molecule has 1 aromatic carbocycles. The van der Waals surface area contributed by atoms with Crippen LogP contribution in [0.3, 0.4) is 0 Å². The average molecular weight is 313 g/mol. The van der Waals surface area contributed by atoms with Gasteiger partial charge in [-0.1, -0.05) is 29.3 Å². The number of nitrogens with two attached hydrogens (primary N) is 1. The molecule has 0 unspecified atom stereocenters. The lowest BCUT2D eigenvalue weighted by Gasteiger charge is -2.16. The predicted octanol–water partition coefficient (Wildman–Crippen LogP) is 2.73. The van der Waals surface area contributed by atoms with Crippen LogP contribution in [0.5, 0.6) is 0 Å². The Morgan fingerprint density at radius 3 is 2.65 bits per heavy atom. The van der Waals surface area contributed by atoms with Crippen molar-refractivity contribution >= 4 is 29.1 Å². The summed E-state index contributed by atoms with van der Waals surface area (Å²) >= 11 is 11.9. The quantitative estimate of drug-likeness (QED) is 0.932. The molecular weight excluding hydrogens is 295 g/mol. The number of amides is 1. The van der Waals surface area contributed by atoms with E-state index in [4.69, 9.17) is 28.9 Å². The number of carbonyl (C=O) groups excluding carboxylic acids is 1. The summed E-state index contributed by atoms with van der Waals surface area (Å²) in [7, 11) is 0. The number of likely N-dealkylation sites (tertiary alicyclic amines) is 1. The van der Waals surface area contributed by atoms with E-state index >= 15 is 0 Å². The van der Waals surface area contributed by atoms with E-state index in [9.17, 15) is 4.79 Å². The van der Waals surface area contributed by atoms with Crippen molar-refractivity contribution in [2.75, 3.05) is 13.1 Å². The van der Waals surface area contributed by atoms with Crippen LogP contribution in [0.2, 0.25) is 10.0 Å². The van der Waals surface area contributed by atoms with Gasteiger partial charge in [0.15, 0.2) is 0 Å². The summed E-state index contributed by atoms with van der Waals surface area (Å²) in [4.78, 5) is 14.2. The summed E-state index contributed by atoms with van der Waals surface area (Å²) in [6.45, 7) is 1.49. The lowest BCUT2D eigenvalue weighted by molar-refractivity contribution is -0.129. The van der Waals surface area contributed by atoms with Crippen molar-refractivity contribution in [2.45, 2.75) is 25.3 Å². The van der Waals surface area contributed by atoms with Gasteiger partial charge in [-0.3, -0.25) is 4.79 Å². The zero-order valence-electron chi connectivity index (χ0n) is 11.2. The molecule has 0 aromatic heterocycles. The van der Waals surface area contributed by atoms with Crippen LogP contribution < -0.4 is 5.73 Å². The van der Waals surface area contributed by atoms with Crippen LogP contribution in [-0.2, 0) is 11.2 Å². The Bertz CT molecular complexity index is 531. The van der Waals surface area contributed by atoms with Crippen LogP contribution in [0.25, 0.3) is 0 Å². The molecule has 1 aliphatic heterocycles. The van der Waals surface area contributed by atoms with Gasteiger partial charge in [0.1, 0.15) is 0 Å². The van der Waals surface area contributed by atoms with E-state index in [1.807, 2.05) is 11.0 Å². The van der Waals surface area contributed by atoms with E-state index in [1.165, 1.54) is 12.8 Å². The van der Waals surface area contributed by atoms with E-state index in [-0.39, 0.29) is 11.9 Å². The maximum atomic E-state index is 12.3. The van der Waals surface area contributed by atoms with Crippen LogP contribution >= 0.6 is 23.2 Å². The molecule has 0 radical (unpaired) electrons. The summed E-state index contributed by atoms with van der Waals surface area (Å²) in [5, 5.41) is 1.01. The van der Waals surface area contributed by atoms with Crippen molar-refractivity contribution in [2.24, 2.45) is 17.6 Å². The second kappa shape index (κ2) is 5.55. The van der Waals surface area contributed by atoms with Gasteiger partial charge in [0.2, 0.25) is 5.91 Å². The van der Waals surface area contributed by atoms with Crippen LogP contribution in [0.1, 0.15) is 18.4 Å². The lowest BCUT2D eigenvalue weighted by Crippen LogP contribution is -2.33. The van der Waals surface area contributed by atoms with Gasteiger partial charge in [-0.05, 0) is 42.4 Å². The molecule has 0 spiro atoms. The smallest absolute Gasteiger partial charge is 0.227 e. The highest BCUT2D eigenvalue weighted by molar-refractivity contribution is 6.42. The second-order valence-corrected chi connectivity index (χ2v) is 6.70. The zero-order valence-corrected chi connectivity index (χ0v) is 12.7. The Labute approximate surface area is 129 Å². The molecule has 20 heavy (non-hydrogen) atoms. The fraction of sp³-hybridized carbons (Fsp3) is 0.533. The Morgan fingerprint density at radius 1 is 1.25 bits per heavy atom. The first kappa shape index (κ1) is 14.2. The highest BCUT2D eigenvalue weighted by atomic mass is 35.5. The van der Waals surface area contributed by atoms with Gasteiger partial charge >= 0.3 is 0 Å². The molecule has 1 saturated heterocycles. The highest BCUT2D eigenvalue weighted by Crippen LogP contribution is 2.40. The summed E-state index contributed by atoms with van der Waals surface area (Å²) < 4.78 is 0. The zero-order chi connectivity index (χ0) is 14.3. The first-order valence-corrected chi connectivity index (χ1v) is 7.77. The first-order valence-electron chi connectivity index (χ1n) is 7.02. The molecule has 5 heteroatoms. The Kier molecular flexibility index (Phi) is 3.93. The highest BCUT2D eigenvalue weighted by Gasteiger charge is 2.41. The minimum atomic E-state index is 0.127. The molecule has 0 bridgehead atoms. The number of benzene rings is 1. The van der Waals surface area contributed by atoms with Crippen molar-refractivity contribution in [1.29, 1.82) is 0 Å². The Morgan fingerprint density at radius 2 is 2.00 bits per heavy atom. The van der Waals surface area contributed by atoms with Crippen LogP contribution in [0, 0.1) is 11.8 Å². The fourth-order valence-electron chi connectivity index (χ4n) is 3.02. The monoisotopic (exact) mass is 312 g/mol. The van der Waals surface area contributed by atoms with Gasteiger partial charge in [0, 0.05) is 19.1 Å². The third kappa shape index (κ3) is 2.95. The summed E-state index contributed by atoms with van der Waals surface area (Å²) in [5.74, 6) is 1.36. The Hall–Kier alpha value is -0.770. The third-order valence-electron chi connectivity index (χ3n) is 4.33. The number of rotatable bonds is 3. The maximum Gasteiger partial charge on any atom is 0.227 e.